The summed E-state index contributed by atoms with van der Waals surface area (Å²) in [5.74, 6) is 0. The molecule has 0 saturated carbocycles. The Morgan fingerprint density at radius 3 is 2.58 bits per heavy atom. The zero-order chi connectivity index (χ0) is 13.2. The summed E-state index contributed by atoms with van der Waals surface area (Å²) >= 11 is 6.10. The maximum absolute atomic E-state index is 10.5. The number of rotatable bonds is 2. The maximum atomic E-state index is 10.5. The van der Waals surface area contributed by atoms with Gasteiger partial charge in [0, 0.05) is 6.20 Å². The molecule has 3 rings (SSSR count). The molecule has 0 fully saturated rings. The first-order valence-electron chi connectivity index (χ1n) is 6.03. The summed E-state index contributed by atoms with van der Waals surface area (Å²) in [6.45, 7) is 0. The molecule has 0 aliphatic carbocycles. The van der Waals surface area contributed by atoms with Gasteiger partial charge in [-0.15, -0.1) is 0 Å². The van der Waals surface area contributed by atoms with Crippen molar-refractivity contribution in [3.05, 3.63) is 77.1 Å². The van der Waals surface area contributed by atoms with Gasteiger partial charge >= 0.3 is 0 Å². The van der Waals surface area contributed by atoms with Crippen LogP contribution in [0.5, 0.6) is 0 Å². The van der Waals surface area contributed by atoms with E-state index in [4.69, 9.17) is 11.6 Å². The number of pyridine rings is 1. The highest BCUT2D eigenvalue weighted by Gasteiger charge is 2.17. The molecule has 1 atom stereocenters. The minimum Gasteiger partial charge on any atom is -0.382 e. The van der Waals surface area contributed by atoms with E-state index in [-0.39, 0.29) is 0 Å². The van der Waals surface area contributed by atoms with Crippen molar-refractivity contribution in [3.63, 3.8) is 0 Å². The van der Waals surface area contributed by atoms with Crippen LogP contribution in [0.2, 0.25) is 5.02 Å². The number of nitrogens with zero attached hydrogens (tertiary/aromatic N) is 1. The molecule has 94 valence electrons. The second-order valence-electron chi connectivity index (χ2n) is 4.34. The normalized spacial score (nSPS) is 12.5. The first-order valence-corrected chi connectivity index (χ1v) is 6.41. The van der Waals surface area contributed by atoms with Crippen molar-refractivity contribution in [1.29, 1.82) is 0 Å². The summed E-state index contributed by atoms with van der Waals surface area (Å²) in [5.41, 5.74) is 1.30. The predicted octanol–water partition coefficient (Wildman–Crippen LogP) is 3.97. The van der Waals surface area contributed by atoms with Crippen LogP contribution >= 0.6 is 11.6 Å². The van der Waals surface area contributed by atoms with Gasteiger partial charge in [0.05, 0.1) is 10.7 Å². The van der Waals surface area contributed by atoms with Gasteiger partial charge in [0.2, 0.25) is 0 Å². The molecule has 0 aliphatic heterocycles. The van der Waals surface area contributed by atoms with Gasteiger partial charge in [-0.1, -0.05) is 54.1 Å². The lowest BCUT2D eigenvalue weighted by Crippen LogP contribution is -2.03. The van der Waals surface area contributed by atoms with E-state index in [0.29, 0.717) is 10.7 Å². The molecule has 0 radical (unpaired) electrons. The largest absolute Gasteiger partial charge is 0.382 e. The van der Waals surface area contributed by atoms with Crippen LogP contribution in [0.25, 0.3) is 10.8 Å². The molecule has 0 saturated heterocycles. The first kappa shape index (κ1) is 12.2. The molecular weight excluding hydrogens is 258 g/mol. The van der Waals surface area contributed by atoms with E-state index in [9.17, 15) is 5.11 Å². The van der Waals surface area contributed by atoms with Crippen LogP contribution in [0.15, 0.2) is 60.8 Å². The minimum absolute atomic E-state index is 0.475. The van der Waals surface area contributed by atoms with Gasteiger partial charge < -0.3 is 5.11 Å². The van der Waals surface area contributed by atoms with E-state index in [0.717, 1.165) is 16.3 Å². The number of fused-ring (bicyclic) bond motifs is 1. The third kappa shape index (κ3) is 2.21. The lowest BCUT2D eigenvalue weighted by atomic mass is 9.98. The Bertz CT molecular complexity index is 721. The van der Waals surface area contributed by atoms with Crippen LogP contribution in [0, 0.1) is 0 Å². The third-order valence-corrected chi connectivity index (χ3v) is 3.48. The van der Waals surface area contributed by atoms with Crippen molar-refractivity contribution in [2.45, 2.75) is 6.10 Å². The molecule has 1 heterocycles. The van der Waals surface area contributed by atoms with Gasteiger partial charge in [-0.2, -0.15) is 0 Å². The monoisotopic (exact) mass is 269 g/mol. The number of benzene rings is 2. The summed E-state index contributed by atoms with van der Waals surface area (Å²) in [6.07, 6.45) is 0.815. The van der Waals surface area contributed by atoms with Crippen molar-refractivity contribution in [2.75, 3.05) is 0 Å². The van der Waals surface area contributed by atoms with Crippen molar-refractivity contribution in [1.82, 2.24) is 4.98 Å². The van der Waals surface area contributed by atoms with Crippen molar-refractivity contribution in [3.8, 4) is 0 Å². The number of aliphatic hydroxyl groups is 1. The molecule has 3 heteroatoms. The van der Waals surface area contributed by atoms with E-state index >= 15 is 0 Å². The summed E-state index contributed by atoms with van der Waals surface area (Å²) in [7, 11) is 0. The van der Waals surface area contributed by atoms with E-state index in [1.54, 1.807) is 18.3 Å². The quantitative estimate of drug-likeness (QED) is 0.764. The Hall–Kier alpha value is -1.90. The summed E-state index contributed by atoms with van der Waals surface area (Å²) in [5, 5.41) is 13.1. The highest BCUT2D eigenvalue weighted by Crippen LogP contribution is 2.30. The number of aromatic nitrogens is 1. The van der Waals surface area contributed by atoms with E-state index in [1.807, 2.05) is 42.5 Å². The molecule has 0 amide bonds. The van der Waals surface area contributed by atoms with Crippen LogP contribution < -0.4 is 0 Å². The molecule has 1 unspecified atom stereocenters. The minimum atomic E-state index is -0.820. The Kier molecular flexibility index (Phi) is 3.20. The molecule has 1 N–H and O–H groups in total. The molecular formula is C16H12ClNO. The van der Waals surface area contributed by atoms with Crippen LogP contribution in [0.3, 0.4) is 0 Å². The fraction of sp³-hybridized carbons (Fsp3) is 0.0625. The Balaban J connectivity index is 2.17. The number of halogens is 1. The Morgan fingerprint density at radius 1 is 0.947 bits per heavy atom. The number of hydrogen-bond acceptors (Lipinski definition) is 2. The summed E-state index contributed by atoms with van der Waals surface area (Å²) < 4.78 is 0. The van der Waals surface area contributed by atoms with Crippen molar-refractivity contribution >= 4 is 22.4 Å². The van der Waals surface area contributed by atoms with Crippen LogP contribution in [-0.2, 0) is 0 Å². The van der Waals surface area contributed by atoms with Gasteiger partial charge in [-0.3, -0.25) is 4.98 Å². The Morgan fingerprint density at radius 2 is 1.74 bits per heavy atom. The molecule has 0 bridgehead atoms. The van der Waals surface area contributed by atoms with E-state index in [1.165, 1.54) is 0 Å². The highest BCUT2D eigenvalue weighted by atomic mass is 35.5. The zero-order valence-electron chi connectivity index (χ0n) is 10.1. The fourth-order valence-corrected chi connectivity index (χ4v) is 2.46. The van der Waals surface area contributed by atoms with E-state index < -0.39 is 6.10 Å². The fourth-order valence-electron chi connectivity index (χ4n) is 2.24. The molecule has 0 aliphatic rings. The van der Waals surface area contributed by atoms with Crippen LogP contribution in [0.4, 0.5) is 0 Å². The van der Waals surface area contributed by atoms with Gasteiger partial charge in [0.25, 0.3) is 0 Å². The van der Waals surface area contributed by atoms with Crippen LogP contribution in [-0.4, -0.2) is 10.1 Å². The van der Waals surface area contributed by atoms with Gasteiger partial charge in [-0.25, -0.2) is 0 Å². The average Bonchev–Trinajstić information content (AvgIpc) is 2.46. The average molecular weight is 270 g/mol. The number of aliphatic hydroxyl groups excluding tert-OH is 1. The lowest BCUT2D eigenvalue weighted by molar-refractivity contribution is 0.217. The molecule has 0 spiro atoms. The highest BCUT2D eigenvalue weighted by molar-refractivity contribution is 6.31. The lowest BCUT2D eigenvalue weighted by Gasteiger charge is -2.14. The SMILES string of the molecule is OC(c1ncccc1Cl)c1cccc2ccccc12. The topological polar surface area (TPSA) is 33.1 Å². The molecule has 1 aromatic heterocycles. The standard InChI is InChI=1S/C16H12ClNO/c17-14-9-4-10-18-15(14)16(19)13-8-3-6-11-5-1-2-7-12(11)13/h1-10,16,19H. The van der Waals surface area contributed by atoms with E-state index in [2.05, 4.69) is 4.98 Å². The number of hydrogen-bond donors (Lipinski definition) is 1. The maximum Gasteiger partial charge on any atom is 0.123 e. The third-order valence-electron chi connectivity index (χ3n) is 3.16. The van der Waals surface area contributed by atoms with Crippen LogP contribution in [0.1, 0.15) is 17.4 Å². The molecule has 2 nitrogen and oxygen atoms in total. The van der Waals surface area contributed by atoms with Crippen molar-refractivity contribution in [2.24, 2.45) is 0 Å². The van der Waals surface area contributed by atoms with Gasteiger partial charge in [0.15, 0.2) is 0 Å². The smallest absolute Gasteiger partial charge is 0.123 e. The molecule has 19 heavy (non-hydrogen) atoms. The summed E-state index contributed by atoms with van der Waals surface area (Å²) in [4.78, 5) is 4.18. The first-order chi connectivity index (χ1) is 9.27. The second kappa shape index (κ2) is 5.00. The Labute approximate surface area is 116 Å². The van der Waals surface area contributed by atoms with Gasteiger partial charge in [0.1, 0.15) is 6.10 Å². The zero-order valence-corrected chi connectivity index (χ0v) is 10.9. The molecule has 2 aromatic carbocycles. The summed E-state index contributed by atoms with van der Waals surface area (Å²) in [6, 6.07) is 17.3. The second-order valence-corrected chi connectivity index (χ2v) is 4.75. The van der Waals surface area contributed by atoms with Crippen molar-refractivity contribution < 1.29 is 5.11 Å². The van der Waals surface area contributed by atoms with Gasteiger partial charge in [-0.05, 0) is 28.5 Å². The molecule has 3 aromatic rings. The predicted molar refractivity (Wildman–Crippen MR) is 77.3 cm³/mol.